The molecule has 0 radical (unpaired) electrons. The highest BCUT2D eigenvalue weighted by Crippen LogP contribution is 2.28. The van der Waals surface area contributed by atoms with Gasteiger partial charge < -0.3 is 9.47 Å². The van der Waals surface area contributed by atoms with Crippen molar-refractivity contribution < 1.29 is 9.47 Å². The van der Waals surface area contributed by atoms with Crippen molar-refractivity contribution >= 4 is 6.08 Å². The smallest absolute Gasteiger partial charge is 0.126 e. The van der Waals surface area contributed by atoms with E-state index in [1.807, 2.05) is 0 Å². The zero-order valence-corrected chi connectivity index (χ0v) is 21.9. The van der Waals surface area contributed by atoms with E-state index in [-0.39, 0.29) is 0 Å². The van der Waals surface area contributed by atoms with E-state index in [0.717, 1.165) is 63.1 Å². The monoisotopic (exact) mass is 464 g/mol. The molecule has 0 spiro atoms. The summed E-state index contributed by atoms with van der Waals surface area (Å²) in [5.74, 6) is 0.791. The molecule has 0 heterocycles. The molecule has 0 saturated heterocycles. The fraction of sp³-hybridized carbons (Fsp3) is 0.600. The van der Waals surface area contributed by atoms with E-state index >= 15 is 0 Å². The Labute approximate surface area is 208 Å². The van der Waals surface area contributed by atoms with Gasteiger partial charge in [-0.25, -0.2) is 0 Å². The number of rotatable bonds is 18. The molecule has 0 aliphatic heterocycles. The van der Waals surface area contributed by atoms with Crippen LogP contribution in [-0.4, -0.2) is 19.8 Å². The maximum atomic E-state index is 9.65. The second kappa shape index (κ2) is 18.8. The van der Waals surface area contributed by atoms with E-state index in [2.05, 4.69) is 45.0 Å². The lowest BCUT2D eigenvalue weighted by Crippen LogP contribution is -2.02. The van der Waals surface area contributed by atoms with Gasteiger partial charge in [0.2, 0.25) is 0 Å². The Bertz CT molecular complexity index is 856. The Hall–Kier alpha value is -2.56. The predicted octanol–water partition coefficient (Wildman–Crippen LogP) is 8.25. The van der Waals surface area contributed by atoms with Crippen LogP contribution in [0.1, 0.15) is 102 Å². The molecule has 1 rings (SSSR count). The summed E-state index contributed by atoms with van der Waals surface area (Å²) in [6, 6.07) is 8.53. The highest BCUT2D eigenvalue weighted by Gasteiger charge is 2.11. The first-order chi connectivity index (χ1) is 16.6. The predicted molar refractivity (Wildman–Crippen MR) is 142 cm³/mol. The molecular weight excluding hydrogens is 420 g/mol. The van der Waals surface area contributed by atoms with Crippen LogP contribution in [0, 0.1) is 29.6 Å². The fourth-order valence-electron chi connectivity index (χ4n) is 3.79. The SMILES string of the molecule is C/C=C(C#N)/C(C#N)=C/c1cc(CCCCOCCCC)c(C)cc1OCCCCCCCC. The summed E-state index contributed by atoms with van der Waals surface area (Å²) in [5.41, 5.74) is 4.08. The van der Waals surface area contributed by atoms with Crippen LogP contribution in [0.25, 0.3) is 6.08 Å². The van der Waals surface area contributed by atoms with Crippen molar-refractivity contribution in [1.29, 1.82) is 10.5 Å². The van der Waals surface area contributed by atoms with Gasteiger partial charge in [0.1, 0.15) is 17.9 Å². The van der Waals surface area contributed by atoms with Crippen LogP contribution < -0.4 is 4.74 Å². The highest BCUT2D eigenvalue weighted by atomic mass is 16.5. The molecule has 0 unspecified atom stereocenters. The third kappa shape index (κ3) is 11.5. The normalized spacial score (nSPS) is 11.8. The maximum Gasteiger partial charge on any atom is 0.126 e. The molecule has 0 aromatic heterocycles. The van der Waals surface area contributed by atoms with Crippen LogP contribution in [0.5, 0.6) is 5.75 Å². The second-order valence-electron chi connectivity index (χ2n) is 8.84. The van der Waals surface area contributed by atoms with E-state index in [4.69, 9.17) is 9.47 Å². The quantitative estimate of drug-likeness (QED) is 0.125. The minimum atomic E-state index is 0.369. The molecule has 0 saturated carbocycles. The zero-order chi connectivity index (χ0) is 25.0. The van der Waals surface area contributed by atoms with Crippen molar-refractivity contribution in [2.75, 3.05) is 19.8 Å². The van der Waals surface area contributed by atoms with Gasteiger partial charge in [-0.3, -0.25) is 0 Å². The van der Waals surface area contributed by atoms with Crippen molar-refractivity contribution in [3.63, 3.8) is 0 Å². The molecule has 4 heteroatoms. The van der Waals surface area contributed by atoms with Crippen molar-refractivity contribution in [3.05, 3.63) is 46.0 Å². The number of aryl methyl sites for hydroxylation is 2. The van der Waals surface area contributed by atoms with Crippen LogP contribution in [0.3, 0.4) is 0 Å². The molecule has 1 aromatic carbocycles. The topological polar surface area (TPSA) is 66.0 Å². The summed E-state index contributed by atoms with van der Waals surface area (Å²) in [6.07, 6.45) is 16.1. The standard InChI is InChI=1S/C30H44N2O2/c1-5-8-10-11-12-14-19-34-30-20-25(4)27(16-13-15-18-33-17-9-6-2)21-28(30)22-29(24-32)26(7-3)23-31/h7,20-22H,5-6,8-19H2,1-4H3/b26-7+,29-22+. The van der Waals surface area contributed by atoms with Gasteiger partial charge in [-0.1, -0.05) is 58.4 Å². The third-order valence-electron chi connectivity index (χ3n) is 5.97. The number of nitrogens with zero attached hydrogens (tertiary/aromatic N) is 2. The Balaban J connectivity index is 2.93. The summed E-state index contributed by atoms with van der Waals surface area (Å²) in [6.45, 7) is 10.6. The molecule has 186 valence electrons. The van der Waals surface area contributed by atoms with Crippen LogP contribution in [0.2, 0.25) is 0 Å². The number of unbranched alkanes of at least 4 members (excludes halogenated alkanes) is 7. The lowest BCUT2D eigenvalue weighted by atomic mass is 9.97. The maximum absolute atomic E-state index is 9.65. The third-order valence-corrected chi connectivity index (χ3v) is 5.97. The Morgan fingerprint density at radius 3 is 2.15 bits per heavy atom. The fourth-order valence-corrected chi connectivity index (χ4v) is 3.79. The first-order valence-corrected chi connectivity index (χ1v) is 13.1. The van der Waals surface area contributed by atoms with Crippen molar-refractivity contribution in [1.82, 2.24) is 0 Å². The van der Waals surface area contributed by atoms with Gasteiger partial charge in [0, 0.05) is 18.8 Å². The number of nitriles is 2. The van der Waals surface area contributed by atoms with Gasteiger partial charge in [-0.2, -0.15) is 10.5 Å². The largest absolute Gasteiger partial charge is 0.493 e. The molecule has 0 aliphatic carbocycles. The number of allylic oxidation sites excluding steroid dienone is 3. The van der Waals surface area contributed by atoms with Crippen molar-refractivity contribution in [2.45, 2.75) is 98.3 Å². The summed E-state index contributed by atoms with van der Waals surface area (Å²) in [4.78, 5) is 0. The Morgan fingerprint density at radius 2 is 1.47 bits per heavy atom. The van der Waals surface area contributed by atoms with E-state index in [1.165, 1.54) is 43.2 Å². The van der Waals surface area contributed by atoms with Gasteiger partial charge in [-0.15, -0.1) is 0 Å². The zero-order valence-electron chi connectivity index (χ0n) is 21.9. The molecule has 0 aliphatic rings. The Morgan fingerprint density at radius 1 is 0.824 bits per heavy atom. The van der Waals surface area contributed by atoms with Gasteiger partial charge in [0.25, 0.3) is 0 Å². The summed E-state index contributed by atoms with van der Waals surface area (Å²) in [7, 11) is 0. The number of ether oxygens (including phenoxy) is 2. The summed E-state index contributed by atoms with van der Waals surface area (Å²) < 4.78 is 11.9. The number of hydrogen-bond donors (Lipinski definition) is 0. The van der Waals surface area contributed by atoms with Crippen molar-refractivity contribution in [2.24, 2.45) is 0 Å². The number of benzene rings is 1. The van der Waals surface area contributed by atoms with E-state index < -0.39 is 0 Å². The van der Waals surface area contributed by atoms with Crippen LogP contribution >= 0.6 is 0 Å². The van der Waals surface area contributed by atoms with Gasteiger partial charge in [0.15, 0.2) is 0 Å². The molecular formula is C30H44N2O2. The van der Waals surface area contributed by atoms with Gasteiger partial charge >= 0.3 is 0 Å². The van der Waals surface area contributed by atoms with Gasteiger partial charge in [-0.05, 0) is 75.3 Å². The average molecular weight is 465 g/mol. The van der Waals surface area contributed by atoms with E-state index in [0.29, 0.717) is 17.8 Å². The van der Waals surface area contributed by atoms with Crippen LogP contribution in [-0.2, 0) is 11.2 Å². The number of hydrogen-bond acceptors (Lipinski definition) is 4. The molecule has 0 atom stereocenters. The lowest BCUT2D eigenvalue weighted by molar-refractivity contribution is 0.127. The molecule has 1 aromatic rings. The summed E-state index contributed by atoms with van der Waals surface area (Å²) >= 11 is 0. The van der Waals surface area contributed by atoms with Crippen LogP contribution in [0.15, 0.2) is 29.4 Å². The van der Waals surface area contributed by atoms with Gasteiger partial charge in [0.05, 0.1) is 17.8 Å². The molecule has 4 nitrogen and oxygen atoms in total. The molecule has 0 amide bonds. The minimum Gasteiger partial charge on any atom is -0.493 e. The lowest BCUT2D eigenvalue weighted by Gasteiger charge is -2.15. The molecule has 0 fully saturated rings. The Kier molecular flexibility index (Phi) is 16.3. The first kappa shape index (κ1) is 29.5. The molecule has 0 bridgehead atoms. The average Bonchev–Trinajstić information content (AvgIpc) is 2.84. The second-order valence-corrected chi connectivity index (χ2v) is 8.84. The first-order valence-electron chi connectivity index (χ1n) is 13.1. The highest BCUT2D eigenvalue weighted by molar-refractivity contribution is 5.70. The van der Waals surface area contributed by atoms with E-state index in [1.54, 1.807) is 19.1 Å². The van der Waals surface area contributed by atoms with E-state index in [9.17, 15) is 10.5 Å². The molecule has 0 N–H and O–H groups in total. The minimum absolute atomic E-state index is 0.369. The molecule has 34 heavy (non-hydrogen) atoms. The van der Waals surface area contributed by atoms with Crippen LogP contribution in [0.4, 0.5) is 0 Å². The van der Waals surface area contributed by atoms with Crippen molar-refractivity contribution in [3.8, 4) is 17.9 Å². The summed E-state index contributed by atoms with van der Waals surface area (Å²) in [5, 5.41) is 19.1.